The van der Waals surface area contributed by atoms with Crippen LogP contribution >= 0.6 is 11.6 Å². The predicted octanol–water partition coefficient (Wildman–Crippen LogP) is 4.19. The third-order valence-corrected chi connectivity index (χ3v) is 3.84. The number of hydrogen-bond acceptors (Lipinski definition) is 3. The molecule has 0 aliphatic rings. The van der Waals surface area contributed by atoms with Gasteiger partial charge in [0.15, 0.2) is 0 Å². The lowest BCUT2D eigenvalue weighted by Crippen LogP contribution is -2.27. The van der Waals surface area contributed by atoms with Crippen molar-refractivity contribution in [3.63, 3.8) is 0 Å². The van der Waals surface area contributed by atoms with E-state index in [1.54, 1.807) is 31.2 Å². The second kappa shape index (κ2) is 6.75. The van der Waals surface area contributed by atoms with E-state index in [0.29, 0.717) is 10.6 Å². The van der Waals surface area contributed by atoms with Gasteiger partial charge in [0.2, 0.25) is 0 Å². The van der Waals surface area contributed by atoms with Gasteiger partial charge in [0.25, 0.3) is 11.6 Å². The summed E-state index contributed by atoms with van der Waals surface area (Å²) < 4.78 is 13.8. The van der Waals surface area contributed by atoms with Crippen molar-refractivity contribution in [3.05, 3.63) is 74.0 Å². The van der Waals surface area contributed by atoms with E-state index in [2.05, 4.69) is 5.32 Å². The standard InChI is InChI=1S/C16H14ClFN2O3/c1-9-14(18)7-11(8-15(9)20(22)23)16(21)19-10(2)12-5-3-4-6-13(12)17/h3-8,10H,1-2H3,(H,19,21)/t10-/m1/s1. The number of carbonyl (C=O) groups is 1. The molecular formula is C16H14ClFN2O3. The van der Waals surface area contributed by atoms with E-state index in [1.807, 2.05) is 0 Å². The van der Waals surface area contributed by atoms with Crippen LogP contribution in [0.2, 0.25) is 5.02 Å². The van der Waals surface area contributed by atoms with Crippen LogP contribution in [0.5, 0.6) is 0 Å². The van der Waals surface area contributed by atoms with Gasteiger partial charge in [-0.05, 0) is 31.5 Å². The van der Waals surface area contributed by atoms with Gasteiger partial charge in [0.05, 0.1) is 16.5 Å². The summed E-state index contributed by atoms with van der Waals surface area (Å²) in [5.74, 6) is -1.41. The number of carbonyl (C=O) groups excluding carboxylic acids is 1. The molecule has 0 saturated heterocycles. The Labute approximate surface area is 137 Å². The normalized spacial score (nSPS) is 11.8. The Morgan fingerprint density at radius 3 is 2.61 bits per heavy atom. The minimum Gasteiger partial charge on any atom is -0.345 e. The molecule has 2 rings (SSSR count). The van der Waals surface area contributed by atoms with Gasteiger partial charge < -0.3 is 5.32 Å². The third-order valence-electron chi connectivity index (χ3n) is 3.50. The number of nitro groups is 1. The van der Waals surface area contributed by atoms with Crippen LogP contribution in [0.4, 0.5) is 10.1 Å². The van der Waals surface area contributed by atoms with Gasteiger partial charge in [-0.25, -0.2) is 4.39 Å². The highest BCUT2D eigenvalue weighted by molar-refractivity contribution is 6.31. The molecule has 120 valence electrons. The molecule has 5 nitrogen and oxygen atoms in total. The number of rotatable bonds is 4. The molecule has 1 amide bonds. The predicted molar refractivity (Wildman–Crippen MR) is 85.1 cm³/mol. The zero-order chi connectivity index (χ0) is 17.1. The van der Waals surface area contributed by atoms with Crippen molar-refractivity contribution in [3.8, 4) is 0 Å². The van der Waals surface area contributed by atoms with Gasteiger partial charge in [0.1, 0.15) is 5.82 Å². The van der Waals surface area contributed by atoms with Crippen LogP contribution < -0.4 is 5.32 Å². The zero-order valence-electron chi connectivity index (χ0n) is 12.5. The molecule has 0 spiro atoms. The van der Waals surface area contributed by atoms with Gasteiger partial charge in [-0.15, -0.1) is 0 Å². The maximum atomic E-state index is 13.8. The highest BCUT2D eigenvalue weighted by atomic mass is 35.5. The average Bonchev–Trinajstić information content (AvgIpc) is 2.49. The maximum Gasteiger partial charge on any atom is 0.276 e. The first-order valence-corrected chi connectivity index (χ1v) is 7.19. The fraction of sp³-hybridized carbons (Fsp3) is 0.188. The molecule has 0 radical (unpaired) electrons. The van der Waals surface area contributed by atoms with Crippen LogP contribution in [0.1, 0.15) is 34.5 Å². The quantitative estimate of drug-likeness (QED) is 0.672. The number of nitrogens with one attached hydrogen (secondary N) is 1. The summed E-state index contributed by atoms with van der Waals surface area (Å²) in [6, 6.07) is 8.60. The molecule has 0 aromatic heterocycles. The number of nitro benzene ring substituents is 1. The van der Waals surface area contributed by atoms with Crippen molar-refractivity contribution >= 4 is 23.2 Å². The van der Waals surface area contributed by atoms with Crippen molar-refractivity contribution in [2.24, 2.45) is 0 Å². The molecule has 0 fully saturated rings. The van der Waals surface area contributed by atoms with Crippen LogP contribution in [0, 0.1) is 22.9 Å². The molecule has 2 aromatic carbocycles. The summed E-state index contributed by atoms with van der Waals surface area (Å²) in [6.45, 7) is 3.01. The van der Waals surface area contributed by atoms with E-state index in [-0.39, 0.29) is 11.1 Å². The first-order chi connectivity index (χ1) is 10.8. The second-order valence-electron chi connectivity index (χ2n) is 5.08. The molecule has 23 heavy (non-hydrogen) atoms. The van der Waals surface area contributed by atoms with Crippen LogP contribution in [-0.4, -0.2) is 10.8 Å². The maximum absolute atomic E-state index is 13.8. The lowest BCUT2D eigenvalue weighted by Gasteiger charge is -2.16. The van der Waals surface area contributed by atoms with E-state index in [1.165, 1.54) is 6.92 Å². The van der Waals surface area contributed by atoms with E-state index in [0.717, 1.165) is 12.1 Å². The van der Waals surface area contributed by atoms with Crippen LogP contribution in [0.15, 0.2) is 36.4 Å². The minimum atomic E-state index is -0.797. The fourth-order valence-corrected chi connectivity index (χ4v) is 2.47. The molecule has 0 saturated carbocycles. The van der Waals surface area contributed by atoms with Crippen molar-refractivity contribution < 1.29 is 14.1 Å². The molecule has 0 bridgehead atoms. The minimum absolute atomic E-state index is 0.106. The molecular weight excluding hydrogens is 323 g/mol. The zero-order valence-corrected chi connectivity index (χ0v) is 13.2. The summed E-state index contributed by atoms with van der Waals surface area (Å²) >= 11 is 6.06. The van der Waals surface area contributed by atoms with Gasteiger partial charge in [0, 0.05) is 16.7 Å². The third kappa shape index (κ3) is 3.65. The number of benzene rings is 2. The number of nitrogens with zero attached hydrogens (tertiary/aromatic N) is 1. The van der Waals surface area contributed by atoms with Crippen molar-refractivity contribution in [2.45, 2.75) is 19.9 Å². The smallest absolute Gasteiger partial charge is 0.276 e. The van der Waals surface area contributed by atoms with E-state index in [9.17, 15) is 19.3 Å². The first kappa shape index (κ1) is 16.9. The average molecular weight is 337 g/mol. The summed E-state index contributed by atoms with van der Waals surface area (Å²) in [5, 5.41) is 14.1. The molecule has 0 aliphatic carbocycles. The van der Waals surface area contributed by atoms with Gasteiger partial charge >= 0.3 is 0 Å². The highest BCUT2D eigenvalue weighted by Gasteiger charge is 2.21. The van der Waals surface area contributed by atoms with E-state index < -0.39 is 28.4 Å². The van der Waals surface area contributed by atoms with Gasteiger partial charge in [-0.3, -0.25) is 14.9 Å². The summed E-state index contributed by atoms with van der Waals surface area (Å²) in [4.78, 5) is 22.4. The number of amides is 1. The van der Waals surface area contributed by atoms with Crippen LogP contribution in [0.25, 0.3) is 0 Å². The van der Waals surface area contributed by atoms with Gasteiger partial charge in [-0.2, -0.15) is 0 Å². The lowest BCUT2D eigenvalue weighted by molar-refractivity contribution is -0.385. The topological polar surface area (TPSA) is 72.2 Å². The summed E-state index contributed by atoms with van der Waals surface area (Å²) in [5.41, 5.74) is 0.0505. The Morgan fingerprint density at radius 2 is 2.00 bits per heavy atom. The Morgan fingerprint density at radius 1 is 1.35 bits per heavy atom. The van der Waals surface area contributed by atoms with Crippen molar-refractivity contribution in [2.75, 3.05) is 0 Å². The van der Waals surface area contributed by atoms with Crippen molar-refractivity contribution in [1.29, 1.82) is 0 Å². The van der Waals surface area contributed by atoms with Gasteiger partial charge in [-0.1, -0.05) is 29.8 Å². The molecule has 1 N–H and O–H groups in total. The van der Waals surface area contributed by atoms with Crippen LogP contribution in [0.3, 0.4) is 0 Å². The summed E-state index contributed by atoms with van der Waals surface area (Å²) in [7, 11) is 0. The molecule has 0 heterocycles. The summed E-state index contributed by atoms with van der Waals surface area (Å²) in [6.07, 6.45) is 0. The monoisotopic (exact) mass is 336 g/mol. The molecule has 2 aromatic rings. The molecule has 0 unspecified atom stereocenters. The van der Waals surface area contributed by atoms with E-state index in [4.69, 9.17) is 11.6 Å². The Balaban J connectivity index is 2.28. The number of halogens is 2. The molecule has 7 heteroatoms. The van der Waals surface area contributed by atoms with E-state index >= 15 is 0 Å². The van der Waals surface area contributed by atoms with Crippen LogP contribution in [-0.2, 0) is 0 Å². The fourth-order valence-electron chi connectivity index (χ4n) is 2.17. The van der Waals surface area contributed by atoms with Crippen molar-refractivity contribution in [1.82, 2.24) is 5.32 Å². The Bertz CT molecular complexity index is 780. The molecule has 0 aliphatic heterocycles. The molecule has 1 atom stereocenters. The Kier molecular flexibility index (Phi) is 4.95. The lowest BCUT2D eigenvalue weighted by atomic mass is 10.1. The highest BCUT2D eigenvalue weighted by Crippen LogP contribution is 2.25. The SMILES string of the molecule is Cc1c(F)cc(C(=O)N[C@H](C)c2ccccc2Cl)cc1[N+](=O)[O-]. The second-order valence-corrected chi connectivity index (χ2v) is 5.48. The Hall–Kier alpha value is -2.47. The largest absolute Gasteiger partial charge is 0.345 e. The number of hydrogen-bond donors (Lipinski definition) is 1. The first-order valence-electron chi connectivity index (χ1n) is 6.81.